The zero-order valence-electron chi connectivity index (χ0n) is 10.9. The molecule has 0 aromatic carbocycles. The Morgan fingerprint density at radius 3 is 2.82 bits per heavy atom. The van der Waals surface area contributed by atoms with E-state index in [4.69, 9.17) is 5.73 Å². The van der Waals surface area contributed by atoms with Gasteiger partial charge in [0, 0.05) is 32.5 Å². The van der Waals surface area contributed by atoms with Crippen LogP contribution in [-0.2, 0) is 6.54 Å². The van der Waals surface area contributed by atoms with Crippen molar-refractivity contribution in [3.05, 3.63) is 22.7 Å². The third-order valence-electron chi connectivity index (χ3n) is 2.52. The topological polar surface area (TPSA) is 64.2 Å². The van der Waals surface area contributed by atoms with Gasteiger partial charge in [-0.1, -0.05) is 13.8 Å². The highest BCUT2D eigenvalue weighted by molar-refractivity contribution is 5.34. The van der Waals surface area contributed by atoms with Gasteiger partial charge in [0.2, 0.25) is 0 Å². The largest absolute Gasteiger partial charge is 0.355 e. The summed E-state index contributed by atoms with van der Waals surface area (Å²) in [6.45, 7) is 6.27. The van der Waals surface area contributed by atoms with Gasteiger partial charge < -0.3 is 15.2 Å². The SMILES string of the molecule is CC(C)Cn1ccnc(N(C)CCCN)c1=O. The van der Waals surface area contributed by atoms with E-state index in [0.29, 0.717) is 18.3 Å². The molecule has 0 bridgehead atoms. The van der Waals surface area contributed by atoms with Crippen LogP contribution in [0.4, 0.5) is 5.82 Å². The van der Waals surface area contributed by atoms with Gasteiger partial charge in [0.15, 0.2) is 5.82 Å². The molecule has 1 aromatic heterocycles. The lowest BCUT2D eigenvalue weighted by Crippen LogP contribution is -2.32. The summed E-state index contributed by atoms with van der Waals surface area (Å²) in [5.74, 6) is 0.943. The maximum Gasteiger partial charge on any atom is 0.293 e. The van der Waals surface area contributed by atoms with Crippen molar-refractivity contribution in [1.29, 1.82) is 0 Å². The van der Waals surface area contributed by atoms with E-state index in [-0.39, 0.29) is 5.56 Å². The zero-order chi connectivity index (χ0) is 12.8. The van der Waals surface area contributed by atoms with Gasteiger partial charge in [-0.2, -0.15) is 0 Å². The standard InChI is InChI=1S/C12H22N4O/c1-10(2)9-16-8-6-14-11(12(16)17)15(3)7-4-5-13/h6,8,10H,4-5,7,9,13H2,1-3H3. The van der Waals surface area contributed by atoms with E-state index in [1.165, 1.54) is 0 Å². The van der Waals surface area contributed by atoms with Gasteiger partial charge in [0.1, 0.15) is 0 Å². The van der Waals surface area contributed by atoms with Crippen molar-refractivity contribution in [2.75, 3.05) is 25.0 Å². The quantitative estimate of drug-likeness (QED) is 0.791. The van der Waals surface area contributed by atoms with Gasteiger partial charge in [0.25, 0.3) is 5.56 Å². The Morgan fingerprint density at radius 2 is 2.24 bits per heavy atom. The summed E-state index contributed by atoms with van der Waals surface area (Å²) in [4.78, 5) is 18.2. The van der Waals surface area contributed by atoms with Crippen LogP contribution in [0.2, 0.25) is 0 Å². The monoisotopic (exact) mass is 238 g/mol. The first-order valence-electron chi connectivity index (χ1n) is 6.03. The Bertz CT molecular complexity index is 400. The first-order valence-corrected chi connectivity index (χ1v) is 6.03. The molecule has 2 N–H and O–H groups in total. The molecule has 0 aliphatic rings. The normalized spacial score (nSPS) is 10.9. The van der Waals surface area contributed by atoms with E-state index in [9.17, 15) is 4.79 Å². The minimum atomic E-state index is -0.0271. The third-order valence-corrected chi connectivity index (χ3v) is 2.52. The second-order valence-electron chi connectivity index (χ2n) is 4.67. The van der Waals surface area contributed by atoms with Crippen molar-refractivity contribution < 1.29 is 0 Å². The van der Waals surface area contributed by atoms with Gasteiger partial charge in [-0.15, -0.1) is 0 Å². The number of nitrogens with zero attached hydrogens (tertiary/aromatic N) is 3. The maximum absolute atomic E-state index is 12.1. The van der Waals surface area contributed by atoms with Crippen molar-refractivity contribution in [2.45, 2.75) is 26.8 Å². The van der Waals surface area contributed by atoms with Crippen molar-refractivity contribution in [3.63, 3.8) is 0 Å². The third kappa shape index (κ3) is 3.85. The summed E-state index contributed by atoms with van der Waals surface area (Å²) in [5.41, 5.74) is 5.43. The number of aromatic nitrogens is 2. The number of rotatable bonds is 6. The van der Waals surface area contributed by atoms with E-state index in [0.717, 1.165) is 19.5 Å². The molecule has 0 radical (unpaired) electrons. The lowest BCUT2D eigenvalue weighted by Gasteiger charge is -2.18. The molecule has 0 saturated heterocycles. The Kier molecular flexibility index (Phi) is 5.15. The van der Waals surface area contributed by atoms with Crippen molar-refractivity contribution in [1.82, 2.24) is 9.55 Å². The molecule has 0 fully saturated rings. The fraction of sp³-hybridized carbons (Fsp3) is 0.667. The minimum Gasteiger partial charge on any atom is -0.355 e. The molecule has 0 aliphatic carbocycles. The molecule has 1 aromatic rings. The number of hydrogen-bond acceptors (Lipinski definition) is 4. The fourth-order valence-electron chi connectivity index (χ4n) is 1.67. The molecular weight excluding hydrogens is 216 g/mol. The van der Waals surface area contributed by atoms with Crippen molar-refractivity contribution >= 4 is 5.82 Å². The highest BCUT2D eigenvalue weighted by Gasteiger charge is 2.09. The van der Waals surface area contributed by atoms with Crippen LogP contribution in [0.3, 0.4) is 0 Å². The predicted molar refractivity (Wildman–Crippen MR) is 70.3 cm³/mol. The second-order valence-corrected chi connectivity index (χ2v) is 4.67. The molecule has 0 unspecified atom stereocenters. The molecule has 0 amide bonds. The first kappa shape index (κ1) is 13.7. The molecule has 1 heterocycles. The average Bonchev–Trinajstić information content (AvgIpc) is 2.28. The first-order chi connectivity index (χ1) is 8.06. The summed E-state index contributed by atoms with van der Waals surface area (Å²) < 4.78 is 1.71. The molecular formula is C12H22N4O. The van der Waals surface area contributed by atoms with Crippen LogP contribution in [0.5, 0.6) is 0 Å². The van der Waals surface area contributed by atoms with Gasteiger partial charge >= 0.3 is 0 Å². The number of nitrogens with two attached hydrogens (primary N) is 1. The van der Waals surface area contributed by atoms with Crippen LogP contribution in [0.15, 0.2) is 17.2 Å². The minimum absolute atomic E-state index is 0.0271. The summed E-state index contributed by atoms with van der Waals surface area (Å²) in [7, 11) is 1.87. The summed E-state index contributed by atoms with van der Waals surface area (Å²) in [6.07, 6.45) is 4.28. The maximum atomic E-state index is 12.1. The molecule has 0 atom stereocenters. The molecule has 96 valence electrons. The number of anilines is 1. The van der Waals surface area contributed by atoms with Gasteiger partial charge in [0.05, 0.1) is 0 Å². The number of hydrogen-bond donors (Lipinski definition) is 1. The molecule has 5 heteroatoms. The van der Waals surface area contributed by atoms with Gasteiger partial charge in [-0.05, 0) is 18.9 Å². The van der Waals surface area contributed by atoms with Crippen molar-refractivity contribution in [2.24, 2.45) is 11.7 Å². The zero-order valence-corrected chi connectivity index (χ0v) is 10.9. The summed E-state index contributed by atoms with van der Waals surface area (Å²) in [5, 5.41) is 0. The highest BCUT2D eigenvalue weighted by Crippen LogP contribution is 2.03. The van der Waals surface area contributed by atoms with E-state index >= 15 is 0 Å². The molecule has 0 aliphatic heterocycles. The lowest BCUT2D eigenvalue weighted by molar-refractivity contribution is 0.508. The predicted octanol–water partition coefficient (Wildman–Crippen LogP) is 0.684. The Balaban J connectivity index is 2.89. The molecule has 17 heavy (non-hydrogen) atoms. The van der Waals surface area contributed by atoms with Gasteiger partial charge in [-0.25, -0.2) is 4.98 Å². The molecule has 0 spiro atoms. The Labute approximate surface area is 102 Å². The van der Waals surface area contributed by atoms with E-state index in [1.807, 2.05) is 11.9 Å². The lowest BCUT2D eigenvalue weighted by atomic mass is 10.2. The fourth-order valence-corrected chi connectivity index (χ4v) is 1.67. The van der Waals surface area contributed by atoms with E-state index < -0.39 is 0 Å². The second kappa shape index (κ2) is 6.39. The van der Waals surface area contributed by atoms with Crippen LogP contribution in [0.25, 0.3) is 0 Å². The molecule has 5 nitrogen and oxygen atoms in total. The summed E-state index contributed by atoms with van der Waals surface area (Å²) in [6, 6.07) is 0. The highest BCUT2D eigenvalue weighted by atomic mass is 16.1. The van der Waals surface area contributed by atoms with E-state index in [1.54, 1.807) is 17.0 Å². The smallest absolute Gasteiger partial charge is 0.293 e. The van der Waals surface area contributed by atoms with Crippen LogP contribution in [-0.4, -0.2) is 29.7 Å². The van der Waals surface area contributed by atoms with Crippen LogP contribution in [0.1, 0.15) is 20.3 Å². The van der Waals surface area contributed by atoms with E-state index in [2.05, 4.69) is 18.8 Å². The Morgan fingerprint density at radius 1 is 1.53 bits per heavy atom. The Hall–Kier alpha value is -1.36. The molecule has 0 saturated carbocycles. The average molecular weight is 238 g/mol. The van der Waals surface area contributed by atoms with Crippen LogP contribution in [0, 0.1) is 5.92 Å². The van der Waals surface area contributed by atoms with Crippen molar-refractivity contribution in [3.8, 4) is 0 Å². The molecule has 1 rings (SSSR count). The van der Waals surface area contributed by atoms with Crippen LogP contribution < -0.4 is 16.2 Å². The van der Waals surface area contributed by atoms with Gasteiger partial charge in [-0.3, -0.25) is 4.79 Å². The summed E-state index contributed by atoms with van der Waals surface area (Å²) >= 11 is 0. The van der Waals surface area contributed by atoms with Crippen LogP contribution >= 0.6 is 0 Å².